The van der Waals surface area contributed by atoms with Gasteiger partial charge >= 0.3 is 5.97 Å². The molecule has 4 rings (SSSR count). The Morgan fingerprint density at radius 1 is 0.972 bits per heavy atom. The molecule has 10 nitrogen and oxygen atoms in total. The van der Waals surface area contributed by atoms with Gasteiger partial charge in [-0.05, 0) is 41.1 Å². The molecule has 0 fully saturated rings. The van der Waals surface area contributed by atoms with E-state index >= 15 is 0 Å². The number of hydrogen-bond donors (Lipinski definition) is 1. The van der Waals surface area contributed by atoms with Crippen molar-refractivity contribution in [1.82, 2.24) is 4.90 Å². The van der Waals surface area contributed by atoms with Crippen molar-refractivity contribution >= 4 is 51.0 Å². The largest absolute Gasteiger partial charge is 0.446 e. The molecule has 1 aliphatic heterocycles. The number of carbonyl (C=O) groups is 4. The Labute approximate surface area is 213 Å². The zero-order chi connectivity index (χ0) is 26.0. The first-order valence-corrected chi connectivity index (χ1v) is 11.5. The third kappa shape index (κ3) is 4.73. The second kappa shape index (κ2) is 10.1. The molecule has 2 atom stereocenters. The minimum absolute atomic E-state index is 0.180. The van der Waals surface area contributed by atoms with E-state index in [1.807, 2.05) is 0 Å². The van der Waals surface area contributed by atoms with E-state index in [9.17, 15) is 29.3 Å². The number of hydrogen-bond acceptors (Lipinski definition) is 7. The Balaban J connectivity index is 1.57. The average Bonchev–Trinajstić information content (AvgIpc) is 3.13. The molecule has 182 valence electrons. The highest BCUT2D eigenvalue weighted by molar-refractivity contribution is 9.10. The molecule has 1 N–H and O–H groups in total. The third-order valence-corrected chi connectivity index (χ3v) is 6.21. The summed E-state index contributed by atoms with van der Waals surface area (Å²) in [7, 11) is 0. The lowest BCUT2D eigenvalue weighted by molar-refractivity contribution is -0.384. The lowest BCUT2D eigenvalue weighted by Crippen LogP contribution is -2.44. The van der Waals surface area contributed by atoms with Gasteiger partial charge in [0.1, 0.15) is 6.04 Å². The first-order valence-electron chi connectivity index (χ1n) is 10.7. The van der Waals surface area contributed by atoms with E-state index in [2.05, 4.69) is 21.2 Å². The number of rotatable bonds is 7. The second-order valence-corrected chi connectivity index (χ2v) is 8.69. The average molecular weight is 552 g/mol. The lowest BCUT2D eigenvalue weighted by atomic mass is 10.1. The molecule has 36 heavy (non-hydrogen) atoms. The number of carbonyl (C=O) groups excluding carboxylic acids is 4. The molecule has 0 unspecified atom stereocenters. The van der Waals surface area contributed by atoms with Crippen LogP contribution in [0.5, 0.6) is 0 Å². The van der Waals surface area contributed by atoms with Crippen LogP contribution in [0.1, 0.15) is 39.3 Å². The van der Waals surface area contributed by atoms with Crippen LogP contribution >= 0.6 is 15.9 Å². The Morgan fingerprint density at radius 2 is 1.56 bits per heavy atom. The molecule has 0 saturated heterocycles. The van der Waals surface area contributed by atoms with Crippen LogP contribution in [-0.4, -0.2) is 39.6 Å². The topological polar surface area (TPSA) is 136 Å². The van der Waals surface area contributed by atoms with Gasteiger partial charge in [-0.25, -0.2) is 4.79 Å². The van der Waals surface area contributed by atoms with Gasteiger partial charge in [-0.15, -0.1) is 0 Å². The Kier molecular flexibility index (Phi) is 6.93. The highest BCUT2D eigenvalue weighted by Gasteiger charge is 2.42. The molecule has 11 heteroatoms. The highest BCUT2D eigenvalue weighted by atomic mass is 79.9. The minimum atomic E-state index is -1.43. The van der Waals surface area contributed by atoms with Crippen molar-refractivity contribution in [2.45, 2.75) is 19.1 Å². The van der Waals surface area contributed by atoms with Gasteiger partial charge in [0.2, 0.25) is 6.10 Å². The molecule has 3 aromatic carbocycles. The lowest BCUT2D eigenvalue weighted by Gasteiger charge is -2.24. The molecule has 0 bridgehead atoms. The molecule has 0 saturated carbocycles. The monoisotopic (exact) mass is 551 g/mol. The molecule has 0 aromatic heterocycles. The molecule has 3 amide bonds. The van der Waals surface area contributed by atoms with Gasteiger partial charge in [-0.2, -0.15) is 0 Å². The number of fused-ring (bicyclic) bond motifs is 1. The fraction of sp³-hybridized carbons (Fsp3) is 0.120. The van der Waals surface area contributed by atoms with Crippen LogP contribution in [-0.2, 0) is 14.3 Å². The zero-order valence-electron chi connectivity index (χ0n) is 18.7. The number of nitro groups is 1. The van der Waals surface area contributed by atoms with Crippen LogP contribution in [0.2, 0.25) is 0 Å². The SMILES string of the molecule is C[C@@H](C(=O)O[C@@H](C(=O)Nc1ccc([N+](=O)[O-])cc1Br)c1ccccc1)N1C(=O)c2ccccc2C1=O. The molecular weight excluding hydrogens is 534 g/mol. The smallest absolute Gasteiger partial charge is 0.330 e. The van der Waals surface area contributed by atoms with Gasteiger partial charge in [-0.3, -0.25) is 29.4 Å². The van der Waals surface area contributed by atoms with E-state index in [1.165, 1.54) is 37.3 Å². The van der Waals surface area contributed by atoms with E-state index < -0.39 is 40.8 Å². The van der Waals surface area contributed by atoms with Crippen molar-refractivity contribution in [1.29, 1.82) is 0 Å². The van der Waals surface area contributed by atoms with Crippen molar-refractivity contribution in [3.8, 4) is 0 Å². The number of non-ortho nitro benzene ring substituents is 1. The van der Waals surface area contributed by atoms with E-state index in [0.717, 1.165) is 4.90 Å². The zero-order valence-corrected chi connectivity index (χ0v) is 20.3. The molecule has 0 radical (unpaired) electrons. The van der Waals surface area contributed by atoms with Gasteiger partial charge < -0.3 is 10.1 Å². The van der Waals surface area contributed by atoms with Crippen LogP contribution < -0.4 is 5.32 Å². The summed E-state index contributed by atoms with van der Waals surface area (Å²) in [5.74, 6) is -2.96. The van der Waals surface area contributed by atoms with Crippen LogP contribution in [0.15, 0.2) is 77.3 Å². The summed E-state index contributed by atoms with van der Waals surface area (Å²) in [6.07, 6.45) is -1.43. The van der Waals surface area contributed by atoms with Crippen molar-refractivity contribution in [3.05, 3.63) is 104 Å². The van der Waals surface area contributed by atoms with Crippen molar-refractivity contribution < 1.29 is 28.8 Å². The van der Waals surface area contributed by atoms with Gasteiger partial charge in [0.25, 0.3) is 23.4 Å². The second-order valence-electron chi connectivity index (χ2n) is 7.84. The van der Waals surface area contributed by atoms with Crippen molar-refractivity contribution in [3.63, 3.8) is 0 Å². The number of esters is 1. The predicted molar refractivity (Wildman–Crippen MR) is 131 cm³/mol. The predicted octanol–water partition coefficient (Wildman–Crippen LogP) is 4.27. The van der Waals surface area contributed by atoms with Crippen molar-refractivity contribution in [2.75, 3.05) is 5.32 Å². The summed E-state index contributed by atoms with van der Waals surface area (Å²) in [5.41, 5.74) is 0.748. The number of ether oxygens (including phenoxy) is 1. The first kappa shape index (κ1) is 24.7. The maximum absolute atomic E-state index is 13.2. The Bertz CT molecular complexity index is 1360. The van der Waals surface area contributed by atoms with Crippen LogP contribution in [0.4, 0.5) is 11.4 Å². The summed E-state index contributed by atoms with van der Waals surface area (Å²) in [6.45, 7) is 1.34. The molecule has 0 aliphatic carbocycles. The van der Waals surface area contributed by atoms with Gasteiger partial charge in [0.15, 0.2) is 0 Å². The molecule has 1 heterocycles. The molecule has 0 spiro atoms. The third-order valence-electron chi connectivity index (χ3n) is 5.55. The summed E-state index contributed by atoms with van der Waals surface area (Å²) in [4.78, 5) is 63.0. The van der Waals surface area contributed by atoms with Crippen LogP contribution in [0, 0.1) is 10.1 Å². The number of amides is 3. The maximum Gasteiger partial charge on any atom is 0.330 e. The maximum atomic E-state index is 13.2. The van der Waals surface area contributed by atoms with E-state index in [4.69, 9.17) is 4.74 Å². The summed E-state index contributed by atoms with van der Waals surface area (Å²) < 4.78 is 5.77. The van der Waals surface area contributed by atoms with E-state index in [1.54, 1.807) is 42.5 Å². The fourth-order valence-electron chi connectivity index (χ4n) is 3.70. The standard InChI is InChI=1S/C25H18BrN3O7/c1-14(28-23(31)17-9-5-6-10-18(17)24(28)32)25(33)36-21(15-7-3-2-4-8-15)22(30)27-20-12-11-16(29(34)35)13-19(20)26/h2-14,21H,1H3,(H,27,30)/t14-,21+/m0/s1. The number of nitro benzene ring substituents is 1. The number of nitrogens with zero attached hydrogens (tertiary/aromatic N) is 2. The number of nitrogens with one attached hydrogen (secondary N) is 1. The van der Waals surface area contributed by atoms with Gasteiger partial charge in [0, 0.05) is 22.2 Å². The molecule has 3 aromatic rings. The Hall–Kier alpha value is -4.38. The summed E-state index contributed by atoms with van der Waals surface area (Å²) >= 11 is 3.19. The minimum Gasteiger partial charge on any atom is -0.446 e. The normalized spacial score (nSPS) is 14.1. The number of halogens is 1. The Morgan fingerprint density at radius 3 is 2.11 bits per heavy atom. The van der Waals surface area contributed by atoms with Gasteiger partial charge in [0.05, 0.1) is 21.7 Å². The van der Waals surface area contributed by atoms with E-state index in [0.29, 0.717) is 5.56 Å². The van der Waals surface area contributed by atoms with Crippen LogP contribution in [0.3, 0.4) is 0 Å². The van der Waals surface area contributed by atoms with Gasteiger partial charge in [-0.1, -0.05) is 42.5 Å². The molecular formula is C25H18BrN3O7. The fourth-order valence-corrected chi connectivity index (χ4v) is 4.16. The highest BCUT2D eigenvalue weighted by Crippen LogP contribution is 2.30. The number of anilines is 1. The first-order chi connectivity index (χ1) is 17.2. The summed E-state index contributed by atoms with van der Waals surface area (Å²) in [6, 6.07) is 16.9. The number of imide groups is 1. The summed E-state index contributed by atoms with van der Waals surface area (Å²) in [5, 5.41) is 13.6. The van der Waals surface area contributed by atoms with Crippen molar-refractivity contribution in [2.24, 2.45) is 0 Å². The van der Waals surface area contributed by atoms with Crippen LogP contribution in [0.25, 0.3) is 0 Å². The molecule has 1 aliphatic rings. The van der Waals surface area contributed by atoms with E-state index in [-0.39, 0.29) is 27.0 Å². The quantitative estimate of drug-likeness (QED) is 0.200. The number of benzene rings is 3.